The van der Waals surface area contributed by atoms with Crippen LogP contribution in [0.2, 0.25) is 0 Å². The molecule has 2 aliphatic rings. The fourth-order valence-corrected chi connectivity index (χ4v) is 5.09. The Morgan fingerprint density at radius 3 is 2.97 bits per heavy atom. The van der Waals surface area contributed by atoms with Crippen LogP contribution in [0.3, 0.4) is 0 Å². The van der Waals surface area contributed by atoms with Crippen molar-refractivity contribution in [2.24, 2.45) is 0 Å². The van der Waals surface area contributed by atoms with Crippen LogP contribution in [0.1, 0.15) is 68.0 Å². The van der Waals surface area contributed by atoms with Gasteiger partial charge in [0, 0.05) is 31.9 Å². The fraction of sp³-hybridized carbons (Fsp3) is 0.556. The number of pyridine rings is 1. The largest absolute Gasteiger partial charge is 0.377 e. The third kappa shape index (κ3) is 5.57. The third-order valence-electron chi connectivity index (χ3n) is 6.79. The zero-order chi connectivity index (χ0) is 22.3. The molecular weight excluding hydrogens is 398 g/mol. The number of anilines is 1. The van der Waals surface area contributed by atoms with Crippen LogP contribution < -0.4 is 5.32 Å². The maximum absolute atomic E-state index is 12.5. The number of unbranched alkanes of at least 4 members (excludes halogenated alkanes) is 1. The zero-order valence-electron chi connectivity index (χ0n) is 19.6. The van der Waals surface area contributed by atoms with Crippen molar-refractivity contribution in [3.8, 4) is 0 Å². The van der Waals surface area contributed by atoms with Gasteiger partial charge in [-0.2, -0.15) is 0 Å². The molecule has 5 nitrogen and oxygen atoms in total. The van der Waals surface area contributed by atoms with Gasteiger partial charge in [-0.25, -0.2) is 4.98 Å². The molecule has 0 amide bonds. The number of carbonyl (C=O) groups is 1. The summed E-state index contributed by atoms with van der Waals surface area (Å²) in [5.41, 5.74) is 4.95. The summed E-state index contributed by atoms with van der Waals surface area (Å²) in [5, 5.41) is 3.42. The Bertz CT molecular complexity index is 914. The highest BCUT2D eigenvalue weighted by Gasteiger charge is 2.33. The lowest BCUT2D eigenvalue weighted by atomic mass is 9.95. The van der Waals surface area contributed by atoms with E-state index in [1.165, 1.54) is 23.2 Å². The molecule has 3 heterocycles. The molecule has 2 aliphatic heterocycles. The third-order valence-corrected chi connectivity index (χ3v) is 6.79. The second-order valence-electron chi connectivity index (χ2n) is 9.14. The first-order valence-electron chi connectivity index (χ1n) is 12.3. The van der Waals surface area contributed by atoms with Gasteiger partial charge in [0.1, 0.15) is 5.82 Å². The predicted octanol–water partition coefficient (Wildman–Crippen LogP) is 4.75. The molecule has 0 aliphatic carbocycles. The minimum Gasteiger partial charge on any atom is -0.377 e. The van der Waals surface area contributed by atoms with Crippen molar-refractivity contribution in [1.29, 1.82) is 0 Å². The maximum Gasteiger partial charge on any atom is 0.151 e. The van der Waals surface area contributed by atoms with E-state index in [2.05, 4.69) is 47.5 Å². The van der Waals surface area contributed by atoms with Crippen LogP contribution in [0.15, 0.2) is 36.4 Å². The summed E-state index contributed by atoms with van der Waals surface area (Å²) in [6.45, 7) is 7.43. The molecule has 172 valence electrons. The molecule has 1 fully saturated rings. The van der Waals surface area contributed by atoms with Crippen molar-refractivity contribution < 1.29 is 9.53 Å². The highest BCUT2D eigenvalue weighted by atomic mass is 16.5. The smallest absolute Gasteiger partial charge is 0.151 e. The summed E-state index contributed by atoms with van der Waals surface area (Å²) in [7, 11) is 0. The highest BCUT2D eigenvalue weighted by molar-refractivity contribution is 5.83. The van der Waals surface area contributed by atoms with Gasteiger partial charge in [0.25, 0.3) is 0 Å². The number of hydrogen-bond acceptors (Lipinski definition) is 5. The number of rotatable bonds is 10. The van der Waals surface area contributed by atoms with Gasteiger partial charge in [0.15, 0.2) is 5.78 Å². The summed E-state index contributed by atoms with van der Waals surface area (Å²) >= 11 is 0. The van der Waals surface area contributed by atoms with E-state index >= 15 is 0 Å². The Kier molecular flexibility index (Phi) is 7.93. The molecule has 0 unspecified atom stereocenters. The van der Waals surface area contributed by atoms with Crippen LogP contribution in [0.25, 0.3) is 0 Å². The number of ketones is 1. The average molecular weight is 436 g/mol. The van der Waals surface area contributed by atoms with Gasteiger partial charge < -0.3 is 10.1 Å². The molecule has 1 saturated heterocycles. The van der Waals surface area contributed by atoms with Gasteiger partial charge in [0.2, 0.25) is 0 Å². The molecule has 1 N–H and O–H groups in total. The van der Waals surface area contributed by atoms with E-state index in [1.54, 1.807) is 6.92 Å². The Hall–Kier alpha value is -2.24. The van der Waals surface area contributed by atoms with E-state index in [0.717, 1.165) is 76.1 Å². The summed E-state index contributed by atoms with van der Waals surface area (Å²) in [4.78, 5) is 19.6. The van der Waals surface area contributed by atoms with E-state index < -0.39 is 0 Å². The van der Waals surface area contributed by atoms with Gasteiger partial charge in [-0.15, -0.1) is 0 Å². The highest BCUT2D eigenvalue weighted by Crippen LogP contribution is 2.30. The number of hydrogen-bond donors (Lipinski definition) is 1. The minimum atomic E-state index is -0.150. The van der Waals surface area contributed by atoms with Gasteiger partial charge >= 0.3 is 0 Å². The number of Topliss-reactive ketones (excluding diaryl/α,β-unsaturated/α-hetero) is 1. The lowest BCUT2D eigenvalue weighted by Crippen LogP contribution is -2.33. The zero-order valence-corrected chi connectivity index (χ0v) is 19.6. The average Bonchev–Trinajstić information content (AvgIpc) is 3.27. The molecule has 2 aromatic rings. The number of likely N-dealkylation sites (tertiary alicyclic amines) is 1. The van der Waals surface area contributed by atoms with Crippen molar-refractivity contribution in [3.05, 3.63) is 58.8 Å². The number of fused-ring (bicyclic) bond motifs is 1. The molecule has 1 aromatic heterocycles. The van der Waals surface area contributed by atoms with Crippen LogP contribution >= 0.6 is 0 Å². The standard InChI is InChI=1S/C27H37N3O2/c1-3-21-9-4-5-12-25(21)26(20(2)31)30-17-15-24(19-30)32-18-7-6-11-23-14-13-22-10-8-16-28-27(22)29-23/h4-5,9,12-14,24,26H,3,6-8,10-11,15-19H2,1-2H3,(H,28,29)/t24-,26-/m1/s1. The van der Waals surface area contributed by atoms with Crippen molar-refractivity contribution in [2.75, 3.05) is 31.6 Å². The van der Waals surface area contributed by atoms with Crippen LogP contribution in [-0.4, -0.2) is 48.0 Å². The number of ether oxygens (including phenoxy) is 1. The summed E-state index contributed by atoms with van der Waals surface area (Å²) in [5.74, 6) is 1.30. The number of benzene rings is 1. The van der Waals surface area contributed by atoms with Crippen molar-refractivity contribution in [1.82, 2.24) is 9.88 Å². The summed E-state index contributed by atoms with van der Waals surface area (Å²) in [6, 6.07) is 12.6. The predicted molar refractivity (Wildman–Crippen MR) is 129 cm³/mol. The van der Waals surface area contributed by atoms with Gasteiger partial charge in [0.05, 0.1) is 12.1 Å². The molecule has 5 heteroatoms. The Balaban J connectivity index is 1.22. The van der Waals surface area contributed by atoms with Crippen LogP contribution in [0.4, 0.5) is 5.82 Å². The number of nitrogens with one attached hydrogen (secondary N) is 1. The van der Waals surface area contributed by atoms with Crippen molar-refractivity contribution >= 4 is 11.6 Å². The Morgan fingerprint density at radius 1 is 1.25 bits per heavy atom. The normalized spacial score (nSPS) is 19.4. The number of carbonyl (C=O) groups excluding carboxylic acids is 1. The van der Waals surface area contributed by atoms with E-state index in [0.29, 0.717) is 0 Å². The fourth-order valence-electron chi connectivity index (χ4n) is 5.09. The summed E-state index contributed by atoms with van der Waals surface area (Å²) in [6.07, 6.45) is 7.61. The summed E-state index contributed by atoms with van der Waals surface area (Å²) < 4.78 is 6.20. The molecule has 0 spiro atoms. The van der Waals surface area contributed by atoms with Crippen LogP contribution in [-0.2, 0) is 28.8 Å². The van der Waals surface area contributed by atoms with Crippen LogP contribution in [0, 0.1) is 0 Å². The van der Waals surface area contributed by atoms with E-state index in [9.17, 15) is 4.79 Å². The van der Waals surface area contributed by atoms with Gasteiger partial charge in [-0.1, -0.05) is 37.3 Å². The lowest BCUT2D eigenvalue weighted by Gasteiger charge is -2.27. The minimum absolute atomic E-state index is 0.150. The van der Waals surface area contributed by atoms with Crippen LogP contribution in [0.5, 0.6) is 0 Å². The molecule has 2 atom stereocenters. The number of nitrogens with zero attached hydrogens (tertiary/aromatic N) is 2. The molecule has 1 aromatic carbocycles. The van der Waals surface area contributed by atoms with Gasteiger partial charge in [-0.3, -0.25) is 9.69 Å². The first-order chi connectivity index (χ1) is 15.7. The van der Waals surface area contributed by atoms with E-state index in [-0.39, 0.29) is 17.9 Å². The molecule has 0 bridgehead atoms. The second-order valence-corrected chi connectivity index (χ2v) is 9.14. The SMILES string of the molecule is CCc1ccccc1[C@@H](C(C)=O)N1CC[C@@H](OCCCCc2ccc3c(n2)NCCC3)C1. The van der Waals surface area contributed by atoms with Gasteiger partial charge in [-0.05, 0) is 74.6 Å². The molecule has 0 radical (unpaired) electrons. The Morgan fingerprint density at radius 2 is 2.12 bits per heavy atom. The Labute approximate surface area is 192 Å². The topological polar surface area (TPSA) is 54.5 Å². The van der Waals surface area contributed by atoms with Crippen molar-refractivity contribution in [2.45, 2.75) is 70.9 Å². The molecule has 4 rings (SSSR count). The maximum atomic E-state index is 12.5. The van der Waals surface area contributed by atoms with E-state index in [1.807, 2.05) is 6.07 Å². The first-order valence-corrected chi connectivity index (χ1v) is 12.3. The van der Waals surface area contributed by atoms with E-state index in [4.69, 9.17) is 9.72 Å². The second kappa shape index (κ2) is 11.1. The quantitative estimate of drug-likeness (QED) is 0.546. The first kappa shape index (κ1) is 22.9. The molecule has 32 heavy (non-hydrogen) atoms. The molecular formula is C27H37N3O2. The monoisotopic (exact) mass is 435 g/mol. The lowest BCUT2D eigenvalue weighted by molar-refractivity contribution is -0.122. The number of aromatic nitrogens is 1. The van der Waals surface area contributed by atoms with Crippen molar-refractivity contribution in [3.63, 3.8) is 0 Å². The number of aryl methyl sites for hydroxylation is 3. The molecule has 0 saturated carbocycles.